The Bertz CT molecular complexity index is 931. The molecule has 3 fully saturated rings. The van der Waals surface area contributed by atoms with Crippen LogP contribution < -0.4 is 10.9 Å². The number of nitrogens with one attached hydrogen (secondary N) is 3. The number of amides is 1. The molecule has 5 rings (SSSR count). The third-order valence-electron chi connectivity index (χ3n) is 6.03. The van der Waals surface area contributed by atoms with Gasteiger partial charge in [0, 0.05) is 11.6 Å². The monoisotopic (exact) mass is 327 g/mol. The summed E-state index contributed by atoms with van der Waals surface area (Å²) in [4.78, 5) is 29.9. The Kier molecular flexibility index (Phi) is 2.66. The van der Waals surface area contributed by atoms with Crippen molar-refractivity contribution in [1.82, 2.24) is 15.3 Å². The minimum absolute atomic E-state index is 0.0506. The number of H-pyrrole nitrogens is 2. The fraction of sp³-hybridized carbons (Fsp3) is 0.471. The molecule has 1 heterocycles. The number of hydrogen-bond donors (Lipinski definition) is 3. The SMILES string of the molecule is O=C(NC1[C@H]2[C@H]3CC[C@@H](C3)[C@H]12)c1ccc2c(=O)[nH]c(=S)[nH]c2c1. The summed E-state index contributed by atoms with van der Waals surface area (Å²) in [5.74, 6) is 3.05. The molecule has 3 N–H and O–H groups in total. The molecule has 3 saturated carbocycles. The largest absolute Gasteiger partial charge is 0.349 e. The van der Waals surface area contributed by atoms with E-state index in [-0.39, 0.29) is 16.2 Å². The van der Waals surface area contributed by atoms with Crippen molar-refractivity contribution in [3.8, 4) is 0 Å². The van der Waals surface area contributed by atoms with Crippen LogP contribution in [0.5, 0.6) is 0 Å². The summed E-state index contributed by atoms with van der Waals surface area (Å²) >= 11 is 4.99. The van der Waals surface area contributed by atoms with Crippen molar-refractivity contribution >= 4 is 29.0 Å². The zero-order chi connectivity index (χ0) is 15.7. The van der Waals surface area contributed by atoms with Gasteiger partial charge in [0.1, 0.15) is 0 Å². The smallest absolute Gasteiger partial charge is 0.259 e. The van der Waals surface area contributed by atoms with Crippen molar-refractivity contribution in [2.45, 2.75) is 25.3 Å². The highest BCUT2D eigenvalue weighted by Gasteiger charge is 2.65. The van der Waals surface area contributed by atoms with Gasteiger partial charge in [-0.25, -0.2) is 0 Å². The average molecular weight is 327 g/mol. The molecule has 0 saturated heterocycles. The van der Waals surface area contributed by atoms with Gasteiger partial charge >= 0.3 is 0 Å². The molecule has 23 heavy (non-hydrogen) atoms. The van der Waals surface area contributed by atoms with Crippen LogP contribution in [0.2, 0.25) is 0 Å². The third kappa shape index (κ3) is 1.94. The van der Waals surface area contributed by atoms with Gasteiger partial charge in [0.15, 0.2) is 4.77 Å². The molecule has 5 nitrogen and oxygen atoms in total. The van der Waals surface area contributed by atoms with E-state index in [0.29, 0.717) is 34.3 Å². The molecule has 6 heteroatoms. The lowest BCUT2D eigenvalue weighted by molar-refractivity contribution is 0.0944. The Balaban J connectivity index is 1.41. The van der Waals surface area contributed by atoms with Crippen molar-refractivity contribution < 1.29 is 4.79 Å². The number of aromatic amines is 2. The number of hydrogen-bond acceptors (Lipinski definition) is 3. The molecule has 3 aliphatic rings. The Morgan fingerprint density at radius 3 is 2.65 bits per heavy atom. The minimum atomic E-state index is -0.232. The second-order valence-electron chi connectivity index (χ2n) is 7.16. The van der Waals surface area contributed by atoms with Crippen molar-refractivity contribution in [3.63, 3.8) is 0 Å². The van der Waals surface area contributed by atoms with E-state index in [1.807, 2.05) is 0 Å². The van der Waals surface area contributed by atoms with E-state index in [4.69, 9.17) is 12.2 Å². The van der Waals surface area contributed by atoms with Gasteiger partial charge in [0.25, 0.3) is 11.5 Å². The number of carbonyl (C=O) groups is 1. The van der Waals surface area contributed by atoms with Gasteiger partial charge in [-0.1, -0.05) is 0 Å². The first-order chi connectivity index (χ1) is 11.1. The number of aromatic nitrogens is 2. The first-order valence-electron chi connectivity index (χ1n) is 8.19. The fourth-order valence-corrected chi connectivity index (χ4v) is 5.27. The zero-order valence-corrected chi connectivity index (χ0v) is 13.3. The van der Waals surface area contributed by atoms with Crippen LogP contribution in [-0.2, 0) is 0 Å². The fourth-order valence-electron chi connectivity index (χ4n) is 5.06. The first-order valence-corrected chi connectivity index (χ1v) is 8.60. The number of carbonyl (C=O) groups excluding carboxylic acids is 1. The van der Waals surface area contributed by atoms with Crippen LogP contribution in [-0.4, -0.2) is 21.9 Å². The van der Waals surface area contributed by atoms with Crippen molar-refractivity contribution in [2.75, 3.05) is 0 Å². The van der Waals surface area contributed by atoms with Gasteiger partial charge in [-0.3, -0.25) is 14.6 Å². The molecule has 1 amide bonds. The molecule has 118 valence electrons. The van der Waals surface area contributed by atoms with Crippen molar-refractivity contribution in [2.24, 2.45) is 23.7 Å². The molecule has 2 aromatic rings. The number of benzene rings is 1. The molecule has 0 unspecified atom stereocenters. The topological polar surface area (TPSA) is 77.8 Å². The van der Waals surface area contributed by atoms with E-state index in [1.54, 1.807) is 18.2 Å². The summed E-state index contributed by atoms with van der Waals surface area (Å²) in [5, 5.41) is 3.71. The van der Waals surface area contributed by atoms with E-state index in [2.05, 4.69) is 15.3 Å². The van der Waals surface area contributed by atoms with Gasteiger partial charge in [0.05, 0.1) is 10.9 Å². The van der Waals surface area contributed by atoms with Crippen LogP contribution in [0, 0.1) is 28.4 Å². The lowest BCUT2D eigenvalue weighted by Crippen LogP contribution is -2.30. The molecule has 1 aromatic heterocycles. The zero-order valence-electron chi connectivity index (χ0n) is 12.5. The summed E-state index contributed by atoms with van der Waals surface area (Å²) in [6, 6.07) is 5.45. The van der Waals surface area contributed by atoms with Crippen molar-refractivity contribution in [3.05, 3.63) is 38.9 Å². The Morgan fingerprint density at radius 1 is 1.17 bits per heavy atom. The highest BCUT2D eigenvalue weighted by Crippen LogP contribution is 2.65. The maximum Gasteiger partial charge on any atom is 0.259 e. The standard InChI is InChI=1S/C17H17N3O2S/c21-15(19-14-12-7-1-2-8(5-7)13(12)14)9-3-4-10-11(6-9)18-17(23)20-16(10)22/h3-4,6-8,12-14H,1-2,5H2,(H,19,21)(H2,18,20,22,23)/t7-,8-,12-,13-/m0/s1. The lowest BCUT2D eigenvalue weighted by Gasteiger charge is -2.11. The normalized spacial score (nSPS) is 33.7. The van der Waals surface area contributed by atoms with Crippen molar-refractivity contribution in [1.29, 1.82) is 0 Å². The van der Waals surface area contributed by atoms with E-state index in [0.717, 1.165) is 11.8 Å². The van der Waals surface area contributed by atoms with Crippen LogP contribution in [0.3, 0.4) is 0 Å². The summed E-state index contributed by atoms with van der Waals surface area (Å²) in [7, 11) is 0. The second kappa shape index (κ2) is 4.54. The van der Waals surface area contributed by atoms with Gasteiger partial charge in [-0.05, 0) is 73.4 Å². The molecule has 0 spiro atoms. The molecule has 3 aliphatic carbocycles. The summed E-state index contributed by atoms with van der Waals surface area (Å²) in [6.07, 6.45) is 4.05. The molecule has 0 aliphatic heterocycles. The quantitative estimate of drug-likeness (QED) is 0.741. The maximum atomic E-state index is 12.5. The van der Waals surface area contributed by atoms with Crippen LogP contribution in [0.4, 0.5) is 0 Å². The average Bonchev–Trinajstić information content (AvgIpc) is 2.91. The number of rotatable bonds is 2. The first kappa shape index (κ1) is 13.5. The molecule has 4 atom stereocenters. The maximum absolute atomic E-state index is 12.5. The summed E-state index contributed by atoms with van der Waals surface area (Å²) in [6.45, 7) is 0. The van der Waals surface area contributed by atoms with Crippen LogP contribution in [0.15, 0.2) is 23.0 Å². The predicted molar refractivity (Wildman–Crippen MR) is 88.8 cm³/mol. The molecule has 0 radical (unpaired) electrons. The lowest BCUT2D eigenvalue weighted by atomic mass is 10.0. The minimum Gasteiger partial charge on any atom is -0.349 e. The Labute approximate surface area is 137 Å². The number of fused-ring (bicyclic) bond motifs is 6. The highest BCUT2D eigenvalue weighted by atomic mass is 32.1. The summed E-state index contributed by atoms with van der Waals surface area (Å²) < 4.78 is 0.272. The molecule has 2 bridgehead atoms. The molecular formula is C17H17N3O2S. The van der Waals surface area contributed by atoms with Gasteiger partial charge in [0.2, 0.25) is 0 Å². The van der Waals surface area contributed by atoms with Gasteiger partial charge in [-0.2, -0.15) is 0 Å². The van der Waals surface area contributed by atoms with Gasteiger partial charge in [-0.15, -0.1) is 0 Å². The van der Waals surface area contributed by atoms with E-state index in [1.165, 1.54) is 19.3 Å². The summed E-state index contributed by atoms with van der Waals surface area (Å²) in [5.41, 5.74) is 0.942. The van der Waals surface area contributed by atoms with Gasteiger partial charge < -0.3 is 10.3 Å². The Hall–Kier alpha value is -1.95. The molecule has 1 aromatic carbocycles. The van der Waals surface area contributed by atoms with Crippen LogP contribution >= 0.6 is 12.2 Å². The molecular weight excluding hydrogens is 310 g/mol. The second-order valence-corrected chi connectivity index (χ2v) is 7.56. The van der Waals surface area contributed by atoms with E-state index < -0.39 is 0 Å². The van der Waals surface area contributed by atoms with Crippen LogP contribution in [0.25, 0.3) is 10.9 Å². The Morgan fingerprint density at radius 2 is 1.91 bits per heavy atom. The van der Waals surface area contributed by atoms with E-state index >= 15 is 0 Å². The van der Waals surface area contributed by atoms with E-state index in [9.17, 15) is 9.59 Å². The third-order valence-corrected chi connectivity index (χ3v) is 6.24. The highest BCUT2D eigenvalue weighted by molar-refractivity contribution is 7.71. The predicted octanol–water partition coefficient (Wildman–Crippen LogP) is 2.36. The van der Waals surface area contributed by atoms with Crippen LogP contribution in [0.1, 0.15) is 29.6 Å².